The predicted octanol–water partition coefficient (Wildman–Crippen LogP) is 2.05. The summed E-state index contributed by atoms with van der Waals surface area (Å²) in [6.45, 7) is 1.02. The number of halogens is 2. The molecule has 0 spiro atoms. The van der Waals surface area contributed by atoms with Gasteiger partial charge in [-0.05, 0) is 24.7 Å². The van der Waals surface area contributed by atoms with Gasteiger partial charge >= 0.3 is 0 Å². The Morgan fingerprint density at radius 3 is 2.75 bits per heavy atom. The summed E-state index contributed by atoms with van der Waals surface area (Å²) in [5, 5.41) is 2.85. The molecule has 0 aliphatic heterocycles. The summed E-state index contributed by atoms with van der Waals surface area (Å²) in [7, 11) is 3.57. The summed E-state index contributed by atoms with van der Waals surface area (Å²) >= 11 is 3.40. The van der Waals surface area contributed by atoms with Crippen LogP contribution < -0.4 is 5.32 Å². The zero-order valence-corrected chi connectivity index (χ0v) is 11.8. The number of nitrogens with one attached hydrogen (secondary N) is 1. The lowest BCUT2D eigenvalue weighted by atomic mass is 10.2. The first-order valence-corrected chi connectivity index (χ1v) is 5.56. The quantitative estimate of drug-likeness (QED) is 0.923. The molecule has 5 heteroatoms. The summed E-state index contributed by atoms with van der Waals surface area (Å²) < 4.78 is 1.04. The molecule has 1 N–H and O–H groups in total. The van der Waals surface area contributed by atoms with Gasteiger partial charge in [0.1, 0.15) is 0 Å². The normalized spacial score (nSPS) is 9.44. The third kappa shape index (κ3) is 4.96. The molecular formula is C11H16BrClN2O. The van der Waals surface area contributed by atoms with Crippen LogP contribution in [0.25, 0.3) is 0 Å². The molecule has 0 atom stereocenters. The molecular weight excluding hydrogens is 291 g/mol. The van der Waals surface area contributed by atoms with E-state index in [4.69, 9.17) is 0 Å². The fraction of sp³-hybridized carbons (Fsp3) is 0.364. The lowest BCUT2D eigenvalue weighted by molar-refractivity contribution is -0.129. The third-order valence-corrected chi connectivity index (χ3v) is 2.56. The smallest absolute Gasteiger partial charge is 0.236 e. The first kappa shape index (κ1) is 15.4. The van der Waals surface area contributed by atoms with Crippen LogP contribution in [0.2, 0.25) is 0 Å². The first-order valence-electron chi connectivity index (χ1n) is 4.76. The number of carbonyl (C=O) groups is 1. The molecule has 0 radical (unpaired) electrons. The van der Waals surface area contributed by atoms with Crippen LogP contribution in [0.3, 0.4) is 0 Å². The van der Waals surface area contributed by atoms with Crippen molar-refractivity contribution in [2.24, 2.45) is 0 Å². The minimum absolute atomic E-state index is 0. The van der Waals surface area contributed by atoms with Gasteiger partial charge < -0.3 is 10.2 Å². The molecule has 0 aromatic heterocycles. The minimum Gasteiger partial charge on any atom is -0.340 e. The number of carbonyl (C=O) groups excluding carboxylic acids is 1. The van der Waals surface area contributed by atoms with E-state index >= 15 is 0 Å². The lowest BCUT2D eigenvalue weighted by Crippen LogP contribution is -2.33. The highest BCUT2D eigenvalue weighted by atomic mass is 79.9. The summed E-state index contributed by atoms with van der Waals surface area (Å²) in [5.74, 6) is 0.0949. The zero-order chi connectivity index (χ0) is 11.3. The van der Waals surface area contributed by atoms with Crippen LogP contribution in [0, 0.1) is 0 Å². The highest BCUT2D eigenvalue weighted by Gasteiger charge is 2.07. The molecule has 0 bridgehead atoms. The Morgan fingerprint density at radius 2 is 2.19 bits per heavy atom. The van der Waals surface area contributed by atoms with Crippen molar-refractivity contribution in [3.63, 3.8) is 0 Å². The number of likely N-dealkylation sites (N-methyl/N-ethyl adjacent to an activating group) is 2. The van der Waals surface area contributed by atoms with Gasteiger partial charge in [-0.25, -0.2) is 0 Å². The SMILES string of the molecule is CNCC(=O)N(C)Cc1cccc(Br)c1.Cl. The van der Waals surface area contributed by atoms with Crippen LogP contribution in [-0.4, -0.2) is 31.4 Å². The Labute approximate surface area is 111 Å². The van der Waals surface area contributed by atoms with E-state index in [2.05, 4.69) is 21.2 Å². The Kier molecular flexibility index (Phi) is 7.38. The predicted molar refractivity (Wildman–Crippen MR) is 71.8 cm³/mol. The summed E-state index contributed by atoms with van der Waals surface area (Å²) in [4.78, 5) is 13.2. The second-order valence-corrected chi connectivity index (χ2v) is 4.33. The summed E-state index contributed by atoms with van der Waals surface area (Å²) in [6, 6.07) is 7.96. The van der Waals surface area contributed by atoms with Gasteiger partial charge in [-0.15, -0.1) is 12.4 Å². The molecule has 0 heterocycles. The number of amides is 1. The van der Waals surface area contributed by atoms with E-state index in [9.17, 15) is 4.79 Å². The zero-order valence-electron chi connectivity index (χ0n) is 9.37. The van der Waals surface area contributed by atoms with Gasteiger partial charge in [0.15, 0.2) is 0 Å². The van der Waals surface area contributed by atoms with E-state index in [0.717, 1.165) is 10.0 Å². The topological polar surface area (TPSA) is 32.3 Å². The number of hydrogen-bond acceptors (Lipinski definition) is 2. The Hall–Kier alpha value is -0.580. The van der Waals surface area contributed by atoms with Gasteiger partial charge in [0, 0.05) is 18.1 Å². The van der Waals surface area contributed by atoms with Crippen molar-refractivity contribution in [1.82, 2.24) is 10.2 Å². The van der Waals surface area contributed by atoms with Crippen molar-refractivity contribution in [2.45, 2.75) is 6.54 Å². The molecule has 1 aromatic rings. The molecule has 1 aromatic carbocycles. The number of benzene rings is 1. The van der Waals surface area contributed by atoms with Gasteiger partial charge in [-0.2, -0.15) is 0 Å². The lowest BCUT2D eigenvalue weighted by Gasteiger charge is -2.17. The van der Waals surface area contributed by atoms with Crippen molar-refractivity contribution in [3.05, 3.63) is 34.3 Å². The van der Waals surface area contributed by atoms with E-state index in [-0.39, 0.29) is 18.3 Å². The molecule has 0 fully saturated rings. The van der Waals surface area contributed by atoms with E-state index < -0.39 is 0 Å². The van der Waals surface area contributed by atoms with Crippen molar-refractivity contribution < 1.29 is 4.79 Å². The number of nitrogens with zero attached hydrogens (tertiary/aromatic N) is 1. The molecule has 1 rings (SSSR count). The van der Waals surface area contributed by atoms with Crippen LogP contribution in [0.4, 0.5) is 0 Å². The van der Waals surface area contributed by atoms with Crippen LogP contribution in [0.5, 0.6) is 0 Å². The minimum atomic E-state index is 0. The second kappa shape index (κ2) is 7.65. The first-order chi connectivity index (χ1) is 7.13. The molecule has 0 aliphatic rings. The van der Waals surface area contributed by atoms with Gasteiger partial charge in [-0.3, -0.25) is 4.79 Å². The van der Waals surface area contributed by atoms with Crippen molar-refractivity contribution in [2.75, 3.05) is 20.6 Å². The highest BCUT2D eigenvalue weighted by Crippen LogP contribution is 2.12. The Bertz CT molecular complexity index is 347. The van der Waals surface area contributed by atoms with Crippen LogP contribution in [0.1, 0.15) is 5.56 Å². The van der Waals surface area contributed by atoms with Gasteiger partial charge in [0.2, 0.25) is 5.91 Å². The maximum Gasteiger partial charge on any atom is 0.236 e. The number of rotatable bonds is 4. The van der Waals surface area contributed by atoms with Gasteiger partial charge in [-0.1, -0.05) is 28.1 Å². The maximum atomic E-state index is 11.5. The average molecular weight is 308 g/mol. The van der Waals surface area contributed by atoms with E-state index in [1.165, 1.54) is 0 Å². The van der Waals surface area contributed by atoms with E-state index in [1.54, 1.807) is 19.0 Å². The van der Waals surface area contributed by atoms with Crippen molar-refractivity contribution in [1.29, 1.82) is 0 Å². The third-order valence-electron chi connectivity index (χ3n) is 2.06. The van der Waals surface area contributed by atoms with E-state index in [1.807, 2.05) is 24.3 Å². The molecule has 0 saturated carbocycles. The summed E-state index contributed by atoms with van der Waals surface area (Å²) in [5.41, 5.74) is 1.12. The fourth-order valence-corrected chi connectivity index (χ4v) is 1.73. The monoisotopic (exact) mass is 306 g/mol. The molecule has 0 unspecified atom stereocenters. The largest absolute Gasteiger partial charge is 0.340 e. The molecule has 3 nitrogen and oxygen atoms in total. The molecule has 16 heavy (non-hydrogen) atoms. The summed E-state index contributed by atoms with van der Waals surface area (Å²) in [6.07, 6.45) is 0. The average Bonchev–Trinajstić information content (AvgIpc) is 2.18. The number of hydrogen-bond donors (Lipinski definition) is 1. The van der Waals surface area contributed by atoms with Crippen LogP contribution >= 0.6 is 28.3 Å². The standard InChI is InChI=1S/C11H15BrN2O.ClH/c1-13-7-11(15)14(2)8-9-4-3-5-10(12)6-9;/h3-6,13H,7-8H2,1-2H3;1H. The Morgan fingerprint density at radius 1 is 1.50 bits per heavy atom. The fourth-order valence-electron chi connectivity index (χ4n) is 1.28. The molecule has 1 amide bonds. The Balaban J connectivity index is 0.00000225. The van der Waals surface area contributed by atoms with Gasteiger partial charge in [0.25, 0.3) is 0 Å². The highest BCUT2D eigenvalue weighted by molar-refractivity contribution is 9.10. The molecule has 90 valence electrons. The van der Waals surface area contributed by atoms with Crippen LogP contribution in [0.15, 0.2) is 28.7 Å². The molecule has 0 aliphatic carbocycles. The molecule has 0 saturated heterocycles. The van der Waals surface area contributed by atoms with E-state index in [0.29, 0.717) is 13.1 Å². The van der Waals surface area contributed by atoms with Crippen molar-refractivity contribution >= 4 is 34.2 Å². The second-order valence-electron chi connectivity index (χ2n) is 3.41. The van der Waals surface area contributed by atoms with Crippen LogP contribution in [-0.2, 0) is 11.3 Å². The van der Waals surface area contributed by atoms with Crippen molar-refractivity contribution in [3.8, 4) is 0 Å². The maximum absolute atomic E-state index is 11.5. The van der Waals surface area contributed by atoms with Gasteiger partial charge in [0.05, 0.1) is 6.54 Å².